The number of aryl methyl sites for hydroxylation is 2. The van der Waals surface area contributed by atoms with Crippen molar-refractivity contribution in [3.05, 3.63) is 52.5 Å². The van der Waals surface area contributed by atoms with Gasteiger partial charge in [0.25, 0.3) is 0 Å². The molecule has 3 rings (SSSR count). The molecule has 0 aliphatic carbocycles. The maximum Gasteiger partial charge on any atom is 0.247 e. The van der Waals surface area contributed by atoms with E-state index in [0.29, 0.717) is 30.2 Å². The Morgan fingerprint density at radius 2 is 1.71 bits per heavy atom. The Balaban J connectivity index is 2.04. The van der Waals surface area contributed by atoms with Gasteiger partial charge in [-0.3, -0.25) is 0 Å². The third-order valence-corrected chi connectivity index (χ3v) is 5.93. The van der Waals surface area contributed by atoms with Crippen LogP contribution in [0.1, 0.15) is 28.2 Å². The Hall–Kier alpha value is -1.63. The van der Waals surface area contributed by atoms with Gasteiger partial charge in [0, 0.05) is 25.2 Å². The average Bonchev–Trinajstić information content (AvgIpc) is 2.99. The second kappa shape index (κ2) is 4.98. The highest BCUT2D eigenvalue weighted by atomic mass is 32.2. The van der Waals surface area contributed by atoms with Gasteiger partial charge in [-0.05, 0) is 25.0 Å². The normalized spacial score (nSPS) is 15.4. The second-order valence-electron chi connectivity index (χ2n) is 5.27. The number of furan rings is 1. The van der Waals surface area contributed by atoms with Crippen LogP contribution in [-0.4, -0.2) is 12.7 Å². The number of rotatable bonds is 3. The van der Waals surface area contributed by atoms with Crippen LogP contribution in [0.4, 0.5) is 0 Å². The van der Waals surface area contributed by atoms with Gasteiger partial charge in [-0.15, -0.1) is 0 Å². The van der Waals surface area contributed by atoms with Crippen molar-refractivity contribution in [1.82, 2.24) is 4.31 Å². The van der Waals surface area contributed by atoms with E-state index in [9.17, 15) is 8.42 Å². The van der Waals surface area contributed by atoms with Gasteiger partial charge >= 0.3 is 0 Å². The SMILES string of the molecule is Cc1oc(C)c(S(=O)(=O)N2Cc3ccccc3C2)c1CN. The van der Waals surface area contributed by atoms with E-state index in [0.717, 1.165) is 11.1 Å². The zero-order chi connectivity index (χ0) is 15.2. The van der Waals surface area contributed by atoms with Gasteiger partial charge < -0.3 is 10.2 Å². The number of benzene rings is 1. The molecule has 0 saturated heterocycles. The molecular weight excluding hydrogens is 288 g/mol. The number of hydrogen-bond donors (Lipinski definition) is 1. The van der Waals surface area contributed by atoms with E-state index in [4.69, 9.17) is 10.2 Å². The summed E-state index contributed by atoms with van der Waals surface area (Å²) < 4.78 is 32.8. The van der Waals surface area contributed by atoms with E-state index in [-0.39, 0.29) is 11.4 Å². The van der Waals surface area contributed by atoms with E-state index in [2.05, 4.69) is 0 Å². The molecule has 112 valence electrons. The number of sulfonamides is 1. The van der Waals surface area contributed by atoms with E-state index < -0.39 is 10.0 Å². The molecule has 1 aliphatic rings. The monoisotopic (exact) mass is 306 g/mol. The van der Waals surface area contributed by atoms with Crippen LogP contribution < -0.4 is 5.73 Å². The summed E-state index contributed by atoms with van der Waals surface area (Å²) in [6, 6.07) is 7.77. The van der Waals surface area contributed by atoms with Crippen molar-refractivity contribution >= 4 is 10.0 Å². The summed E-state index contributed by atoms with van der Waals surface area (Å²) in [7, 11) is -3.60. The maximum absolute atomic E-state index is 12.9. The highest BCUT2D eigenvalue weighted by Gasteiger charge is 2.35. The standard InChI is InChI=1S/C15H18N2O3S/c1-10-14(7-16)15(11(2)20-10)21(18,19)17-8-12-5-3-4-6-13(12)9-17/h3-6H,7-9,16H2,1-2H3. The van der Waals surface area contributed by atoms with Gasteiger partial charge in [0.05, 0.1) is 0 Å². The third kappa shape index (κ3) is 2.19. The highest BCUT2D eigenvalue weighted by molar-refractivity contribution is 7.89. The van der Waals surface area contributed by atoms with E-state index in [1.165, 1.54) is 4.31 Å². The van der Waals surface area contributed by atoms with Crippen LogP contribution in [0.2, 0.25) is 0 Å². The number of nitrogens with zero attached hydrogens (tertiary/aromatic N) is 1. The summed E-state index contributed by atoms with van der Waals surface area (Å²) in [5, 5.41) is 0. The van der Waals surface area contributed by atoms with Gasteiger partial charge in [-0.2, -0.15) is 4.31 Å². The van der Waals surface area contributed by atoms with Crippen LogP contribution in [0.5, 0.6) is 0 Å². The first-order valence-electron chi connectivity index (χ1n) is 6.81. The van der Waals surface area contributed by atoms with Crippen LogP contribution in [0.15, 0.2) is 33.6 Å². The quantitative estimate of drug-likeness (QED) is 0.941. The minimum atomic E-state index is -3.60. The summed E-state index contributed by atoms with van der Waals surface area (Å²) in [5.41, 5.74) is 8.37. The minimum Gasteiger partial charge on any atom is -0.465 e. The van der Waals surface area contributed by atoms with E-state index >= 15 is 0 Å². The topological polar surface area (TPSA) is 76.5 Å². The van der Waals surface area contributed by atoms with Crippen molar-refractivity contribution < 1.29 is 12.8 Å². The molecule has 0 radical (unpaired) electrons. The molecule has 2 N–H and O–H groups in total. The molecule has 0 amide bonds. The summed E-state index contributed by atoms with van der Waals surface area (Å²) >= 11 is 0. The molecule has 0 saturated carbocycles. The van der Waals surface area contributed by atoms with Gasteiger partial charge in [0.1, 0.15) is 16.4 Å². The fourth-order valence-electron chi connectivity index (χ4n) is 2.88. The van der Waals surface area contributed by atoms with Crippen molar-refractivity contribution in [2.45, 2.75) is 38.4 Å². The van der Waals surface area contributed by atoms with Crippen molar-refractivity contribution in [2.75, 3.05) is 0 Å². The van der Waals surface area contributed by atoms with Crippen LogP contribution in [-0.2, 0) is 29.7 Å². The van der Waals surface area contributed by atoms with Gasteiger partial charge in [0.2, 0.25) is 10.0 Å². The molecule has 2 aromatic rings. The summed E-state index contributed by atoms with van der Waals surface area (Å²) in [6.45, 7) is 4.35. The lowest BCUT2D eigenvalue weighted by Crippen LogP contribution is -2.27. The summed E-state index contributed by atoms with van der Waals surface area (Å²) in [6.07, 6.45) is 0. The van der Waals surface area contributed by atoms with Gasteiger partial charge in [-0.1, -0.05) is 24.3 Å². The highest BCUT2D eigenvalue weighted by Crippen LogP contribution is 2.33. The van der Waals surface area contributed by atoms with Crippen LogP contribution in [0.3, 0.4) is 0 Å². The smallest absolute Gasteiger partial charge is 0.247 e. The first kappa shape index (κ1) is 14.3. The minimum absolute atomic E-state index is 0.151. The fraction of sp³-hybridized carbons (Fsp3) is 0.333. The largest absolute Gasteiger partial charge is 0.465 e. The third-order valence-electron chi connectivity index (χ3n) is 3.94. The van der Waals surface area contributed by atoms with Crippen LogP contribution in [0, 0.1) is 13.8 Å². The Bertz CT molecular complexity index is 768. The molecule has 2 heterocycles. The number of fused-ring (bicyclic) bond motifs is 1. The van der Waals surface area contributed by atoms with Crippen molar-refractivity contribution in [3.8, 4) is 0 Å². The Labute approximate surface area is 124 Å². The maximum atomic E-state index is 12.9. The molecule has 0 unspecified atom stereocenters. The summed E-state index contributed by atoms with van der Waals surface area (Å²) in [5.74, 6) is 0.981. The van der Waals surface area contributed by atoms with Crippen molar-refractivity contribution in [3.63, 3.8) is 0 Å². The predicted molar refractivity (Wildman–Crippen MR) is 78.9 cm³/mol. The fourth-order valence-corrected chi connectivity index (χ4v) is 4.70. The Morgan fingerprint density at radius 3 is 2.24 bits per heavy atom. The Morgan fingerprint density at radius 1 is 1.14 bits per heavy atom. The number of hydrogen-bond acceptors (Lipinski definition) is 4. The van der Waals surface area contributed by atoms with Crippen molar-refractivity contribution in [2.24, 2.45) is 5.73 Å². The first-order chi connectivity index (χ1) is 9.95. The van der Waals surface area contributed by atoms with E-state index in [1.807, 2.05) is 24.3 Å². The molecule has 1 aliphatic heterocycles. The molecule has 1 aromatic carbocycles. The molecule has 1 aromatic heterocycles. The zero-order valence-corrected chi connectivity index (χ0v) is 12.9. The first-order valence-corrected chi connectivity index (χ1v) is 8.25. The molecule has 0 fully saturated rings. The molecular formula is C15H18N2O3S. The second-order valence-corrected chi connectivity index (χ2v) is 7.14. The average molecular weight is 306 g/mol. The van der Waals surface area contributed by atoms with Gasteiger partial charge in [0.15, 0.2) is 0 Å². The zero-order valence-electron chi connectivity index (χ0n) is 12.1. The van der Waals surface area contributed by atoms with E-state index in [1.54, 1.807) is 13.8 Å². The lowest BCUT2D eigenvalue weighted by atomic mass is 10.1. The molecule has 0 spiro atoms. The summed E-state index contributed by atoms with van der Waals surface area (Å²) in [4.78, 5) is 0.232. The molecule has 6 heteroatoms. The lowest BCUT2D eigenvalue weighted by Gasteiger charge is -2.16. The molecule has 0 bridgehead atoms. The number of nitrogens with two attached hydrogens (primary N) is 1. The van der Waals surface area contributed by atoms with Crippen molar-refractivity contribution in [1.29, 1.82) is 0 Å². The molecule has 5 nitrogen and oxygen atoms in total. The predicted octanol–water partition coefficient (Wildman–Crippen LogP) is 2.06. The van der Waals surface area contributed by atoms with Crippen LogP contribution >= 0.6 is 0 Å². The lowest BCUT2D eigenvalue weighted by molar-refractivity contribution is 0.428. The van der Waals surface area contributed by atoms with Gasteiger partial charge in [-0.25, -0.2) is 8.42 Å². The Kier molecular flexibility index (Phi) is 3.39. The molecule has 21 heavy (non-hydrogen) atoms. The van der Waals surface area contributed by atoms with Crippen LogP contribution in [0.25, 0.3) is 0 Å². The molecule has 0 atom stereocenters.